The first-order chi connectivity index (χ1) is 14.1. The standard InChI is InChI=1S/C23H20N4O2/c1-15-6-5-9-18(12-15)22-21(19-10-11-24-14-25-19)23(29-27-22)26-20(28)13-17-8-4-3-7-16(17)2/h3-12,14H,13H2,1-2H3,(H,26,28). The van der Waals surface area contributed by atoms with Gasteiger partial charge in [0.2, 0.25) is 11.8 Å². The van der Waals surface area contributed by atoms with Crippen LogP contribution in [0, 0.1) is 13.8 Å². The highest BCUT2D eigenvalue weighted by atomic mass is 16.5. The van der Waals surface area contributed by atoms with Crippen LogP contribution in [0.1, 0.15) is 16.7 Å². The lowest BCUT2D eigenvalue weighted by atomic mass is 10.0. The third kappa shape index (κ3) is 4.06. The highest BCUT2D eigenvalue weighted by Crippen LogP contribution is 2.36. The van der Waals surface area contributed by atoms with E-state index in [1.165, 1.54) is 6.33 Å². The summed E-state index contributed by atoms with van der Waals surface area (Å²) in [5, 5.41) is 7.09. The maximum absolute atomic E-state index is 12.7. The molecule has 4 rings (SSSR count). The van der Waals surface area contributed by atoms with Gasteiger partial charge >= 0.3 is 0 Å². The summed E-state index contributed by atoms with van der Waals surface area (Å²) in [6.07, 6.45) is 3.35. The number of anilines is 1. The Kier molecular flexibility index (Phi) is 5.16. The molecular formula is C23H20N4O2. The Hall–Kier alpha value is -3.80. The minimum atomic E-state index is -0.179. The van der Waals surface area contributed by atoms with Crippen LogP contribution in [-0.4, -0.2) is 21.0 Å². The molecule has 144 valence electrons. The van der Waals surface area contributed by atoms with Crippen molar-refractivity contribution in [3.8, 4) is 22.5 Å². The van der Waals surface area contributed by atoms with E-state index >= 15 is 0 Å². The molecule has 0 radical (unpaired) electrons. The lowest BCUT2D eigenvalue weighted by Gasteiger charge is -2.07. The van der Waals surface area contributed by atoms with E-state index in [0.29, 0.717) is 17.0 Å². The highest BCUT2D eigenvalue weighted by molar-refractivity contribution is 5.97. The molecule has 0 atom stereocenters. The van der Waals surface area contributed by atoms with Crippen LogP contribution in [0.3, 0.4) is 0 Å². The van der Waals surface area contributed by atoms with Gasteiger partial charge in [0, 0.05) is 11.8 Å². The third-order valence-electron chi connectivity index (χ3n) is 4.69. The second kappa shape index (κ2) is 8.06. The van der Waals surface area contributed by atoms with Crippen LogP contribution < -0.4 is 5.32 Å². The van der Waals surface area contributed by atoms with Gasteiger partial charge in [0.05, 0.1) is 17.7 Å². The van der Waals surface area contributed by atoms with E-state index in [9.17, 15) is 4.79 Å². The van der Waals surface area contributed by atoms with Gasteiger partial charge in [-0.3, -0.25) is 10.1 Å². The Morgan fingerprint density at radius 3 is 2.69 bits per heavy atom. The fourth-order valence-electron chi connectivity index (χ4n) is 3.19. The SMILES string of the molecule is Cc1cccc(-c2noc(NC(=O)Cc3ccccc3C)c2-c2ccncn2)c1. The molecule has 2 aromatic heterocycles. The predicted octanol–water partition coefficient (Wildman–Crippen LogP) is 4.60. The molecule has 0 aliphatic heterocycles. The monoisotopic (exact) mass is 384 g/mol. The van der Waals surface area contributed by atoms with Crippen LogP contribution in [0.5, 0.6) is 0 Å². The quantitative estimate of drug-likeness (QED) is 0.544. The summed E-state index contributed by atoms with van der Waals surface area (Å²) >= 11 is 0. The molecule has 1 N–H and O–H groups in total. The van der Waals surface area contributed by atoms with E-state index in [1.54, 1.807) is 12.3 Å². The minimum absolute atomic E-state index is 0.179. The Bertz CT molecular complexity index is 1150. The molecule has 0 saturated carbocycles. The van der Waals surface area contributed by atoms with Crippen LogP contribution in [0.25, 0.3) is 22.5 Å². The minimum Gasteiger partial charge on any atom is -0.337 e. The van der Waals surface area contributed by atoms with Gasteiger partial charge in [0.15, 0.2) is 0 Å². The van der Waals surface area contributed by atoms with Crippen molar-refractivity contribution in [2.75, 3.05) is 5.32 Å². The van der Waals surface area contributed by atoms with Crippen molar-refractivity contribution >= 4 is 11.8 Å². The van der Waals surface area contributed by atoms with Crippen LogP contribution in [-0.2, 0) is 11.2 Å². The average Bonchev–Trinajstić information content (AvgIpc) is 3.14. The number of hydrogen-bond acceptors (Lipinski definition) is 5. The summed E-state index contributed by atoms with van der Waals surface area (Å²) in [5.74, 6) is 0.0975. The molecule has 0 unspecified atom stereocenters. The first-order valence-electron chi connectivity index (χ1n) is 9.29. The highest BCUT2D eigenvalue weighted by Gasteiger charge is 2.22. The second-order valence-corrected chi connectivity index (χ2v) is 6.85. The molecule has 0 aliphatic carbocycles. The number of hydrogen-bond donors (Lipinski definition) is 1. The summed E-state index contributed by atoms with van der Waals surface area (Å²) in [4.78, 5) is 21.0. The Balaban J connectivity index is 1.70. The predicted molar refractivity (Wildman–Crippen MR) is 111 cm³/mol. The summed E-state index contributed by atoms with van der Waals surface area (Å²) in [7, 11) is 0. The van der Waals surface area contributed by atoms with Gasteiger partial charge in [0.1, 0.15) is 12.0 Å². The zero-order valence-corrected chi connectivity index (χ0v) is 16.2. The number of amides is 1. The summed E-state index contributed by atoms with van der Waals surface area (Å²) in [6, 6.07) is 17.5. The van der Waals surface area contributed by atoms with Crippen molar-refractivity contribution in [2.24, 2.45) is 0 Å². The van der Waals surface area contributed by atoms with Crippen molar-refractivity contribution in [3.63, 3.8) is 0 Å². The molecule has 29 heavy (non-hydrogen) atoms. The van der Waals surface area contributed by atoms with E-state index < -0.39 is 0 Å². The van der Waals surface area contributed by atoms with Crippen LogP contribution in [0.2, 0.25) is 0 Å². The van der Waals surface area contributed by atoms with Crippen LogP contribution in [0.4, 0.5) is 5.88 Å². The number of nitrogens with zero attached hydrogens (tertiary/aromatic N) is 3. The molecular weight excluding hydrogens is 364 g/mol. The van der Waals surface area contributed by atoms with Gasteiger partial charge in [-0.15, -0.1) is 0 Å². The molecule has 0 saturated heterocycles. The van der Waals surface area contributed by atoms with E-state index in [2.05, 4.69) is 20.4 Å². The Morgan fingerprint density at radius 1 is 1.07 bits per heavy atom. The van der Waals surface area contributed by atoms with Crippen molar-refractivity contribution in [1.82, 2.24) is 15.1 Å². The smallest absolute Gasteiger partial charge is 0.241 e. The third-order valence-corrected chi connectivity index (χ3v) is 4.69. The summed E-state index contributed by atoms with van der Waals surface area (Å²) in [5.41, 5.74) is 5.91. The molecule has 1 amide bonds. The number of carbonyl (C=O) groups is 1. The number of carbonyl (C=O) groups excluding carboxylic acids is 1. The topological polar surface area (TPSA) is 80.9 Å². The molecule has 0 bridgehead atoms. The Morgan fingerprint density at radius 2 is 1.93 bits per heavy atom. The van der Waals surface area contributed by atoms with Gasteiger partial charge in [-0.1, -0.05) is 53.2 Å². The largest absolute Gasteiger partial charge is 0.337 e. The van der Waals surface area contributed by atoms with Gasteiger partial charge in [-0.25, -0.2) is 9.97 Å². The normalized spacial score (nSPS) is 10.7. The fourth-order valence-corrected chi connectivity index (χ4v) is 3.19. The Labute approximate surface area is 168 Å². The van der Waals surface area contributed by atoms with Gasteiger partial charge < -0.3 is 4.52 Å². The van der Waals surface area contributed by atoms with Crippen molar-refractivity contribution in [3.05, 3.63) is 83.8 Å². The van der Waals surface area contributed by atoms with E-state index in [0.717, 1.165) is 22.3 Å². The zero-order valence-electron chi connectivity index (χ0n) is 16.2. The van der Waals surface area contributed by atoms with Crippen molar-refractivity contribution in [1.29, 1.82) is 0 Å². The van der Waals surface area contributed by atoms with Crippen LogP contribution >= 0.6 is 0 Å². The summed E-state index contributed by atoms with van der Waals surface area (Å²) < 4.78 is 5.54. The number of benzene rings is 2. The van der Waals surface area contributed by atoms with E-state index in [-0.39, 0.29) is 18.2 Å². The average molecular weight is 384 g/mol. The van der Waals surface area contributed by atoms with Crippen LogP contribution in [0.15, 0.2) is 71.6 Å². The molecule has 2 heterocycles. The van der Waals surface area contributed by atoms with Crippen molar-refractivity contribution in [2.45, 2.75) is 20.3 Å². The second-order valence-electron chi connectivity index (χ2n) is 6.85. The number of rotatable bonds is 5. The first-order valence-corrected chi connectivity index (χ1v) is 9.29. The molecule has 6 heteroatoms. The molecule has 0 spiro atoms. The van der Waals surface area contributed by atoms with E-state index in [1.807, 2.05) is 62.4 Å². The lowest BCUT2D eigenvalue weighted by molar-refractivity contribution is -0.115. The number of aryl methyl sites for hydroxylation is 2. The van der Waals surface area contributed by atoms with Gasteiger partial charge in [-0.2, -0.15) is 0 Å². The van der Waals surface area contributed by atoms with Crippen molar-refractivity contribution < 1.29 is 9.32 Å². The maximum atomic E-state index is 12.7. The molecule has 6 nitrogen and oxygen atoms in total. The number of nitrogens with one attached hydrogen (secondary N) is 1. The zero-order chi connectivity index (χ0) is 20.2. The molecule has 2 aromatic carbocycles. The maximum Gasteiger partial charge on any atom is 0.241 e. The first kappa shape index (κ1) is 18.6. The number of aromatic nitrogens is 3. The fraction of sp³-hybridized carbons (Fsp3) is 0.130. The van der Waals surface area contributed by atoms with Gasteiger partial charge in [0.25, 0.3) is 0 Å². The molecule has 0 aliphatic rings. The van der Waals surface area contributed by atoms with E-state index in [4.69, 9.17) is 4.52 Å². The summed E-state index contributed by atoms with van der Waals surface area (Å²) in [6.45, 7) is 4.00. The van der Waals surface area contributed by atoms with Gasteiger partial charge in [-0.05, 0) is 37.1 Å². The molecule has 0 fully saturated rings. The molecule has 4 aromatic rings. The lowest BCUT2D eigenvalue weighted by Crippen LogP contribution is -2.15.